The zero-order valence-corrected chi connectivity index (χ0v) is 18.7. The van der Waals surface area contributed by atoms with Crippen LogP contribution in [-0.4, -0.2) is 50.5 Å². The molecule has 0 saturated carbocycles. The maximum atomic E-state index is 13.6. The lowest BCUT2D eigenvalue weighted by Gasteiger charge is -2.35. The first kappa shape index (κ1) is 23.8. The molecule has 0 aromatic heterocycles. The molecule has 0 unspecified atom stereocenters. The summed E-state index contributed by atoms with van der Waals surface area (Å²) in [6, 6.07) is 11.1. The largest absolute Gasteiger partial charge is 0.360 e. The Morgan fingerprint density at radius 1 is 1.12 bits per heavy atom. The van der Waals surface area contributed by atoms with Crippen molar-refractivity contribution in [2.45, 2.75) is 37.9 Å². The number of benzene rings is 2. The maximum Gasteiger partial charge on any atom is 0.309 e. The van der Waals surface area contributed by atoms with E-state index in [0.29, 0.717) is 18.6 Å². The number of sulfonamides is 1. The summed E-state index contributed by atoms with van der Waals surface area (Å²) in [7, 11) is -3.87. The number of carbonyl (C=O) groups is 2. The molecule has 3 rings (SSSR count). The molecule has 2 N–H and O–H groups in total. The van der Waals surface area contributed by atoms with Gasteiger partial charge in [0.2, 0.25) is 10.0 Å². The minimum Gasteiger partial charge on any atom is -0.360 e. The third-order valence-corrected chi connectivity index (χ3v) is 7.16. The Morgan fingerprint density at radius 3 is 2.59 bits per heavy atom. The molecule has 1 fully saturated rings. The lowest BCUT2D eigenvalue weighted by Crippen LogP contribution is -2.53. The second kappa shape index (κ2) is 10.2. The average Bonchev–Trinajstić information content (AvgIpc) is 2.78. The Morgan fingerprint density at radius 2 is 1.84 bits per heavy atom. The van der Waals surface area contributed by atoms with Crippen molar-refractivity contribution in [3.05, 3.63) is 65.0 Å². The van der Waals surface area contributed by atoms with Gasteiger partial charge in [-0.2, -0.15) is 4.31 Å². The van der Waals surface area contributed by atoms with E-state index in [-0.39, 0.29) is 30.1 Å². The molecule has 172 valence electrons. The van der Waals surface area contributed by atoms with Crippen molar-refractivity contribution in [1.29, 1.82) is 0 Å². The average molecular weight is 464 g/mol. The Labute approximate surface area is 186 Å². The number of carbonyl (C=O) groups excluding carboxylic acids is 2. The molecule has 1 aliphatic heterocycles. The van der Waals surface area contributed by atoms with Crippen molar-refractivity contribution in [3.8, 4) is 0 Å². The van der Waals surface area contributed by atoms with Gasteiger partial charge >= 0.3 is 11.8 Å². The summed E-state index contributed by atoms with van der Waals surface area (Å²) >= 11 is 0. The molecule has 2 amide bonds. The molecule has 2 aromatic carbocycles. The smallest absolute Gasteiger partial charge is 0.309 e. The van der Waals surface area contributed by atoms with E-state index in [2.05, 4.69) is 10.6 Å². The van der Waals surface area contributed by atoms with Gasteiger partial charge in [-0.1, -0.05) is 30.3 Å². The number of ether oxygens (including phenoxy) is 1. The summed E-state index contributed by atoms with van der Waals surface area (Å²) in [5.41, 5.74) is 1.66. The van der Waals surface area contributed by atoms with Crippen LogP contribution < -0.4 is 10.6 Å². The van der Waals surface area contributed by atoms with Crippen LogP contribution in [0.4, 0.5) is 4.39 Å². The molecule has 0 aliphatic carbocycles. The van der Waals surface area contributed by atoms with Crippen LogP contribution in [0.25, 0.3) is 0 Å². The Kier molecular flexibility index (Phi) is 7.60. The van der Waals surface area contributed by atoms with E-state index in [1.807, 2.05) is 13.0 Å². The topological polar surface area (TPSA) is 105 Å². The highest BCUT2D eigenvalue weighted by molar-refractivity contribution is 7.89. The van der Waals surface area contributed by atoms with Crippen LogP contribution in [0.1, 0.15) is 23.1 Å². The number of amides is 2. The monoisotopic (exact) mass is 463 g/mol. The Balaban J connectivity index is 1.64. The van der Waals surface area contributed by atoms with Gasteiger partial charge in [-0.25, -0.2) is 12.8 Å². The van der Waals surface area contributed by atoms with Gasteiger partial charge in [0.25, 0.3) is 0 Å². The number of rotatable bonds is 6. The number of hydrogen-bond acceptors (Lipinski definition) is 5. The second-order valence-corrected chi connectivity index (χ2v) is 9.41. The minimum absolute atomic E-state index is 0.147. The van der Waals surface area contributed by atoms with Gasteiger partial charge in [0.1, 0.15) is 12.0 Å². The van der Waals surface area contributed by atoms with E-state index in [9.17, 15) is 22.4 Å². The fourth-order valence-corrected chi connectivity index (χ4v) is 5.25. The zero-order valence-electron chi connectivity index (χ0n) is 17.9. The van der Waals surface area contributed by atoms with E-state index >= 15 is 0 Å². The van der Waals surface area contributed by atoms with Crippen LogP contribution in [0, 0.1) is 19.7 Å². The second-order valence-electron chi connectivity index (χ2n) is 7.55. The number of aryl methyl sites for hydroxylation is 2. The van der Waals surface area contributed by atoms with E-state index in [0.717, 1.165) is 5.56 Å². The standard InChI is InChI=1S/C22H26FN3O5S/c1-15-8-9-16(2)19(12-15)32(29,30)26-10-5-11-31-20(26)14-25-22(28)21(27)24-13-17-6-3-4-7-18(17)23/h3-4,6-9,12,20H,5,10-11,13-14H2,1-2H3,(H,24,27)(H,25,28)/t20-/m0/s1. The number of nitrogens with zero attached hydrogens (tertiary/aromatic N) is 1. The highest BCUT2D eigenvalue weighted by atomic mass is 32.2. The van der Waals surface area contributed by atoms with E-state index in [1.54, 1.807) is 25.1 Å². The highest BCUT2D eigenvalue weighted by Crippen LogP contribution is 2.25. The van der Waals surface area contributed by atoms with Gasteiger partial charge < -0.3 is 15.4 Å². The molecular formula is C22H26FN3O5S. The molecule has 1 saturated heterocycles. The van der Waals surface area contributed by atoms with E-state index < -0.39 is 33.9 Å². The van der Waals surface area contributed by atoms with Gasteiger partial charge in [-0.3, -0.25) is 9.59 Å². The minimum atomic E-state index is -3.87. The van der Waals surface area contributed by atoms with Gasteiger partial charge in [0.15, 0.2) is 0 Å². The number of nitrogens with one attached hydrogen (secondary N) is 2. The molecule has 10 heteroatoms. The molecule has 1 heterocycles. The molecule has 0 radical (unpaired) electrons. The fraction of sp³-hybridized carbons (Fsp3) is 0.364. The lowest BCUT2D eigenvalue weighted by atomic mass is 10.2. The SMILES string of the molecule is Cc1ccc(C)c(S(=O)(=O)N2CCCO[C@H]2CNC(=O)C(=O)NCc2ccccc2F)c1. The fourth-order valence-electron chi connectivity index (χ4n) is 3.37. The molecule has 32 heavy (non-hydrogen) atoms. The summed E-state index contributed by atoms with van der Waals surface area (Å²) < 4.78 is 47.0. The first-order valence-electron chi connectivity index (χ1n) is 10.2. The summed E-state index contributed by atoms with van der Waals surface area (Å²) in [6.07, 6.45) is -0.436. The Hall–Kier alpha value is -2.82. The molecular weight excluding hydrogens is 437 g/mol. The summed E-state index contributed by atoms with van der Waals surface area (Å²) in [4.78, 5) is 24.4. The molecule has 1 aliphatic rings. The molecule has 1 atom stereocenters. The van der Waals surface area contributed by atoms with Gasteiger partial charge in [0, 0.05) is 18.7 Å². The van der Waals surface area contributed by atoms with Crippen molar-refractivity contribution in [1.82, 2.24) is 14.9 Å². The third kappa shape index (κ3) is 5.50. The van der Waals surface area contributed by atoms with Gasteiger partial charge in [0.05, 0.1) is 18.0 Å². The number of halogens is 1. The van der Waals surface area contributed by atoms with Crippen molar-refractivity contribution < 1.29 is 27.1 Å². The van der Waals surface area contributed by atoms with Crippen LogP contribution in [-0.2, 0) is 30.9 Å². The van der Waals surface area contributed by atoms with Crippen molar-refractivity contribution >= 4 is 21.8 Å². The highest BCUT2D eigenvalue weighted by Gasteiger charge is 2.35. The van der Waals surface area contributed by atoms with Crippen LogP contribution in [0.2, 0.25) is 0 Å². The predicted molar refractivity (Wildman–Crippen MR) is 115 cm³/mol. The van der Waals surface area contributed by atoms with Crippen LogP contribution in [0.15, 0.2) is 47.4 Å². The van der Waals surface area contributed by atoms with Gasteiger partial charge in [-0.05, 0) is 43.5 Å². The van der Waals surface area contributed by atoms with E-state index in [1.165, 1.54) is 22.5 Å². The van der Waals surface area contributed by atoms with E-state index in [4.69, 9.17) is 4.74 Å². The quantitative estimate of drug-likeness (QED) is 0.634. The van der Waals surface area contributed by atoms with Crippen molar-refractivity contribution in [2.75, 3.05) is 19.7 Å². The molecule has 2 aromatic rings. The third-order valence-electron chi connectivity index (χ3n) is 5.13. The summed E-state index contributed by atoms with van der Waals surface area (Å²) in [5.74, 6) is -2.40. The van der Waals surface area contributed by atoms with Crippen LogP contribution in [0.5, 0.6) is 0 Å². The lowest BCUT2D eigenvalue weighted by molar-refractivity contribution is -0.140. The van der Waals surface area contributed by atoms with Crippen molar-refractivity contribution in [2.24, 2.45) is 0 Å². The normalized spacial score (nSPS) is 17.0. The van der Waals surface area contributed by atoms with Gasteiger partial charge in [-0.15, -0.1) is 0 Å². The predicted octanol–water partition coefficient (Wildman–Crippen LogP) is 1.61. The Bertz CT molecular complexity index is 1110. The van der Waals surface area contributed by atoms with Crippen molar-refractivity contribution in [3.63, 3.8) is 0 Å². The zero-order chi connectivity index (χ0) is 23.3. The van der Waals surface area contributed by atoms with Crippen LogP contribution in [0.3, 0.4) is 0 Å². The number of hydrogen-bond donors (Lipinski definition) is 2. The maximum absolute atomic E-state index is 13.6. The molecule has 0 bridgehead atoms. The van der Waals surface area contributed by atoms with Crippen LogP contribution >= 0.6 is 0 Å². The summed E-state index contributed by atoms with van der Waals surface area (Å²) in [6.45, 7) is 3.74. The first-order chi connectivity index (χ1) is 15.2. The summed E-state index contributed by atoms with van der Waals surface area (Å²) in [5, 5.41) is 4.75. The molecule has 0 spiro atoms. The first-order valence-corrected chi connectivity index (χ1v) is 11.6. The molecule has 8 nitrogen and oxygen atoms in total.